The standard InChI is InChI=1S/C21H44O3S/c1-3-5-6-7-8-9-10-11-12-13-14-15-16-17-18-19-20-24-25(22,23)21-4-2/h3-21H2,1-2H3. The van der Waals surface area contributed by atoms with Gasteiger partial charge in [-0.05, 0) is 12.8 Å². The van der Waals surface area contributed by atoms with Crippen LogP contribution in [0, 0.1) is 0 Å². The lowest BCUT2D eigenvalue weighted by Crippen LogP contribution is -2.10. The summed E-state index contributed by atoms with van der Waals surface area (Å²) in [6.45, 7) is 4.49. The molecule has 25 heavy (non-hydrogen) atoms. The number of rotatable bonds is 20. The average Bonchev–Trinajstić information content (AvgIpc) is 2.57. The molecule has 0 fully saturated rings. The maximum absolute atomic E-state index is 11.4. The van der Waals surface area contributed by atoms with Crippen LogP contribution in [0.1, 0.15) is 123 Å². The predicted molar refractivity (Wildman–Crippen MR) is 110 cm³/mol. The van der Waals surface area contributed by atoms with E-state index in [0.717, 1.165) is 12.8 Å². The molecule has 0 spiro atoms. The second kappa shape index (κ2) is 18.7. The van der Waals surface area contributed by atoms with Gasteiger partial charge in [0.1, 0.15) is 0 Å². The molecule has 0 unspecified atom stereocenters. The van der Waals surface area contributed by atoms with Gasteiger partial charge in [0.25, 0.3) is 10.1 Å². The summed E-state index contributed by atoms with van der Waals surface area (Å²) in [7, 11) is -3.25. The van der Waals surface area contributed by atoms with Gasteiger partial charge in [0.2, 0.25) is 0 Å². The van der Waals surface area contributed by atoms with Gasteiger partial charge < -0.3 is 0 Å². The fraction of sp³-hybridized carbons (Fsp3) is 1.00. The molecule has 0 radical (unpaired) electrons. The Balaban J connectivity index is 3.12. The number of unbranched alkanes of at least 4 members (excludes halogenated alkanes) is 15. The van der Waals surface area contributed by atoms with Crippen molar-refractivity contribution in [3.8, 4) is 0 Å². The first kappa shape index (κ1) is 24.9. The van der Waals surface area contributed by atoms with Crippen LogP contribution in [0.5, 0.6) is 0 Å². The fourth-order valence-corrected chi connectivity index (χ4v) is 4.13. The van der Waals surface area contributed by atoms with Gasteiger partial charge in [-0.2, -0.15) is 8.42 Å². The average molecular weight is 377 g/mol. The van der Waals surface area contributed by atoms with Crippen LogP contribution in [-0.4, -0.2) is 20.8 Å². The van der Waals surface area contributed by atoms with Gasteiger partial charge in [-0.15, -0.1) is 0 Å². The summed E-state index contributed by atoms with van der Waals surface area (Å²) >= 11 is 0. The van der Waals surface area contributed by atoms with Crippen molar-refractivity contribution in [1.29, 1.82) is 0 Å². The van der Waals surface area contributed by atoms with E-state index in [-0.39, 0.29) is 5.75 Å². The molecule has 0 N–H and O–H groups in total. The summed E-state index contributed by atoms with van der Waals surface area (Å²) < 4.78 is 27.7. The molecule has 0 saturated heterocycles. The third kappa shape index (κ3) is 20.1. The molecule has 152 valence electrons. The van der Waals surface area contributed by atoms with E-state index in [1.165, 1.54) is 89.9 Å². The lowest BCUT2D eigenvalue weighted by atomic mass is 10.0. The van der Waals surface area contributed by atoms with Crippen molar-refractivity contribution in [3.05, 3.63) is 0 Å². The molecular formula is C21H44O3S. The number of hydrogen-bond acceptors (Lipinski definition) is 3. The summed E-state index contributed by atoms with van der Waals surface area (Å²) in [5.74, 6) is 0.145. The zero-order valence-corrected chi connectivity index (χ0v) is 17.9. The Hall–Kier alpha value is -0.0900. The maximum Gasteiger partial charge on any atom is 0.267 e. The Bertz CT molecular complexity index is 352. The van der Waals surface area contributed by atoms with Crippen molar-refractivity contribution in [2.45, 2.75) is 123 Å². The molecule has 4 heteroatoms. The van der Waals surface area contributed by atoms with Crippen LogP contribution in [0.25, 0.3) is 0 Å². The van der Waals surface area contributed by atoms with E-state index in [9.17, 15) is 8.42 Å². The Morgan fingerprint density at radius 2 is 0.880 bits per heavy atom. The monoisotopic (exact) mass is 376 g/mol. The van der Waals surface area contributed by atoms with Crippen LogP contribution in [0.2, 0.25) is 0 Å². The van der Waals surface area contributed by atoms with E-state index in [4.69, 9.17) is 4.18 Å². The van der Waals surface area contributed by atoms with Gasteiger partial charge in [-0.1, -0.05) is 110 Å². The molecule has 0 heterocycles. The molecule has 0 atom stereocenters. The molecule has 0 amide bonds. The topological polar surface area (TPSA) is 43.4 Å². The predicted octanol–water partition coefficient (Wildman–Crippen LogP) is 7.00. The highest BCUT2D eigenvalue weighted by atomic mass is 32.2. The third-order valence-corrected chi connectivity index (χ3v) is 6.15. The Kier molecular flexibility index (Phi) is 18.6. The minimum atomic E-state index is -3.25. The second-order valence-electron chi connectivity index (χ2n) is 7.39. The Labute approximate surface area is 158 Å². The van der Waals surface area contributed by atoms with Crippen LogP contribution >= 0.6 is 0 Å². The van der Waals surface area contributed by atoms with Gasteiger partial charge in [0.15, 0.2) is 0 Å². The second-order valence-corrected chi connectivity index (χ2v) is 9.15. The van der Waals surface area contributed by atoms with E-state index in [2.05, 4.69) is 6.92 Å². The maximum atomic E-state index is 11.4. The summed E-state index contributed by atoms with van der Waals surface area (Å²) in [5.41, 5.74) is 0. The molecule has 0 aliphatic rings. The minimum absolute atomic E-state index is 0.145. The number of hydrogen-bond donors (Lipinski definition) is 0. The minimum Gasteiger partial charge on any atom is -0.270 e. The van der Waals surface area contributed by atoms with Crippen LogP contribution in [0.4, 0.5) is 0 Å². The molecule has 0 bridgehead atoms. The van der Waals surface area contributed by atoms with Crippen molar-refractivity contribution in [2.24, 2.45) is 0 Å². The van der Waals surface area contributed by atoms with Gasteiger partial charge in [-0.3, -0.25) is 4.18 Å². The zero-order valence-electron chi connectivity index (χ0n) is 17.1. The molecule has 0 saturated carbocycles. The van der Waals surface area contributed by atoms with Crippen molar-refractivity contribution in [1.82, 2.24) is 0 Å². The molecule has 0 aromatic carbocycles. The van der Waals surface area contributed by atoms with Crippen LogP contribution in [0.3, 0.4) is 0 Å². The first-order chi connectivity index (χ1) is 12.1. The summed E-state index contributed by atoms with van der Waals surface area (Å²) in [5, 5.41) is 0. The molecule has 3 nitrogen and oxygen atoms in total. The van der Waals surface area contributed by atoms with E-state index in [1.807, 2.05) is 6.92 Å². The lowest BCUT2D eigenvalue weighted by Gasteiger charge is -2.05. The van der Waals surface area contributed by atoms with Crippen molar-refractivity contribution in [2.75, 3.05) is 12.4 Å². The van der Waals surface area contributed by atoms with Crippen molar-refractivity contribution in [3.63, 3.8) is 0 Å². The first-order valence-corrected chi connectivity index (χ1v) is 12.6. The molecule has 0 rings (SSSR count). The highest BCUT2D eigenvalue weighted by Crippen LogP contribution is 2.13. The van der Waals surface area contributed by atoms with Crippen LogP contribution in [0.15, 0.2) is 0 Å². The highest BCUT2D eigenvalue weighted by Gasteiger charge is 2.08. The Morgan fingerprint density at radius 3 is 1.24 bits per heavy atom. The smallest absolute Gasteiger partial charge is 0.267 e. The molecule has 0 aliphatic heterocycles. The Morgan fingerprint density at radius 1 is 0.520 bits per heavy atom. The van der Waals surface area contributed by atoms with Gasteiger partial charge in [-0.25, -0.2) is 0 Å². The summed E-state index contributed by atoms with van der Waals surface area (Å²) in [6, 6.07) is 0. The molecule has 0 aromatic heterocycles. The normalized spacial score (nSPS) is 11.9. The van der Waals surface area contributed by atoms with Gasteiger partial charge in [0, 0.05) is 0 Å². The molecule has 0 aromatic rings. The first-order valence-electron chi connectivity index (χ1n) is 11.0. The van der Waals surface area contributed by atoms with Crippen molar-refractivity contribution < 1.29 is 12.6 Å². The largest absolute Gasteiger partial charge is 0.270 e. The quantitative estimate of drug-likeness (QED) is 0.170. The van der Waals surface area contributed by atoms with Gasteiger partial charge in [0.05, 0.1) is 12.4 Å². The van der Waals surface area contributed by atoms with Gasteiger partial charge >= 0.3 is 0 Å². The lowest BCUT2D eigenvalue weighted by molar-refractivity contribution is 0.306. The highest BCUT2D eigenvalue weighted by molar-refractivity contribution is 7.86. The SMILES string of the molecule is CCCCCCCCCCCCCCCCCCOS(=O)(=O)CCC. The van der Waals surface area contributed by atoms with E-state index in [0.29, 0.717) is 13.0 Å². The van der Waals surface area contributed by atoms with Crippen LogP contribution in [-0.2, 0) is 14.3 Å². The third-order valence-electron chi connectivity index (χ3n) is 4.71. The molecular weight excluding hydrogens is 332 g/mol. The summed E-state index contributed by atoms with van der Waals surface area (Å²) in [6.07, 6.45) is 21.8. The van der Waals surface area contributed by atoms with Crippen molar-refractivity contribution >= 4 is 10.1 Å². The van der Waals surface area contributed by atoms with E-state index < -0.39 is 10.1 Å². The molecule has 0 aliphatic carbocycles. The zero-order chi connectivity index (χ0) is 18.6. The van der Waals surface area contributed by atoms with E-state index in [1.54, 1.807) is 0 Å². The fourth-order valence-electron chi connectivity index (χ4n) is 3.14. The van der Waals surface area contributed by atoms with Crippen LogP contribution < -0.4 is 0 Å². The van der Waals surface area contributed by atoms with E-state index >= 15 is 0 Å². The summed E-state index contributed by atoms with van der Waals surface area (Å²) in [4.78, 5) is 0.